The molecule has 0 saturated carbocycles. The molecule has 0 aliphatic rings. The van der Waals surface area contributed by atoms with E-state index in [0.29, 0.717) is 5.33 Å². The van der Waals surface area contributed by atoms with Crippen LogP contribution in [-0.2, 0) is 26.8 Å². The van der Waals surface area contributed by atoms with Gasteiger partial charge in [0, 0.05) is 11.9 Å². The van der Waals surface area contributed by atoms with Crippen molar-refractivity contribution in [2.24, 2.45) is 0 Å². The fourth-order valence-electron chi connectivity index (χ4n) is 1.19. The highest BCUT2D eigenvalue weighted by molar-refractivity contribution is 9.08. The number of nitrogens with one attached hydrogen (secondary N) is 2. The molecule has 1 aromatic rings. The van der Waals surface area contributed by atoms with Crippen LogP contribution in [0, 0.1) is 0 Å². The summed E-state index contributed by atoms with van der Waals surface area (Å²) in [6.45, 7) is 0.0904. The predicted molar refractivity (Wildman–Crippen MR) is 70.4 cm³/mol. The van der Waals surface area contributed by atoms with Crippen molar-refractivity contribution in [3.63, 3.8) is 0 Å². The van der Waals surface area contributed by atoms with Gasteiger partial charge in [-0.05, 0) is 11.1 Å². The summed E-state index contributed by atoms with van der Waals surface area (Å²) in [5, 5.41) is 0.688. The van der Waals surface area contributed by atoms with Crippen LogP contribution in [0.2, 0.25) is 0 Å². The first-order valence-corrected chi connectivity index (χ1v) is 7.56. The molecule has 0 atom stereocenters. The summed E-state index contributed by atoms with van der Waals surface area (Å²) >= 11 is 3.31. The predicted octanol–water partition coefficient (Wildman–Crippen LogP) is 1.27. The zero-order valence-electron chi connectivity index (χ0n) is 9.64. The third-order valence-electron chi connectivity index (χ3n) is 2.02. The van der Waals surface area contributed by atoms with Gasteiger partial charge in [0.05, 0.1) is 7.11 Å². The average molecular weight is 337 g/mol. The number of halogens is 1. The topological polar surface area (TPSA) is 84.5 Å². The summed E-state index contributed by atoms with van der Waals surface area (Å²) in [6.07, 6.45) is -1.03. The summed E-state index contributed by atoms with van der Waals surface area (Å²) in [7, 11) is -2.81. The van der Waals surface area contributed by atoms with Crippen molar-refractivity contribution in [2.75, 3.05) is 7.11 Å². The van der Waals surface area contributed by atoms with Crippen LogP contribution in [-0.4, -0.2) is 21.6 Å². The van der Waals surface area contributed by atoms with E-state index in [4.69, 9.17) is 0 Å². The lowest BCUT2D eigenvalue weighted by molar-refractivity contribution is 0.177. The molecule has 0 unspecified atom stereocenters. The second-order valence-electron chi connectivity index (χ2n) is 3.37. The van der Waals surface area contributed by atoms with Gasteiger partial charge >= 0.3 is 16.3 Å². The molecule has 0 fully saturated rings. The molecule has 0 aliphatic carbocycles. The van der Waals surface area contributed by atoms with Gasteiger partial charge in [-0.25, -0.2) is 9.52 Å². The first kappa shape index (κ1) is 14.9. The van der Waals surface area contributed by atoms with E-state index in [0.717, 1.165) is 18.2 Å². The Kier molecular flexibility index (Phi) is 5.57. The number of carbonyl (C=O) groups is 1. The molecule has 100 valence electrons. The summed E-state index contributed by atoms with van der Waals surface area (Å²) in [5.74, 6) is 0. The molecular weight excluding hydrogens is 324 g/mol. The number of alkyl halides is 1. The van der Waals surface area contributed by atoms with E-state index in [-0.39, 0.29) is 6.54 Å². The van der Waals surface area contributed by atoms with Gasteiger partial charge in [-0.3, -0.25) is 0 Å². The van der Waals surface area contributed by atoms with Crippen molar-refractivity contribution in [3.8, 4) is 0 Å². The van der Waals surface area contributed by atoms with Gasteiger partial charge in [0.2, 0.25) is 0 Å². The van der Waals surface area contributed by atoms with Crippen LogP contribution in [0.4, 0.5) is 4.79 Å². The molecule has 0 heterocycles. The second-order valence-corrected chi connectivity index (χ2v) is 5.43. The Morgan fingerprint density at radius 1 is 1.39 bits per heavy atom. The van der Waals surface area contributed by atoms with Gasteiger partial charge in [-0.2, -0.15) is 13.1 Å². The number of hydrogen-bond donors (Lipinski definition) is 2. The molecule has 0 radical (unpaired) electrons. The minimum absolute atomic E-state index is 0.0904. The van der Waals surface area contributed by atoms with Crippen molar-refractivity contribution < 1.29 is 17.9 Å². The standard InChI is InChI=1S/C10H13BrN2O4S/c1-17-10(14)13-18(15,16)12-7-9-4-2-3-8(5-9)6-11/h2-5,12H,6-7H2,1H3,(H,13,14). The minimum atomic E-state index is -3.90. The molecule has 0 saturated heterocycles. The summed E-state index contributed by atoms with van der Waals surface area (Å²) in [5.41, 5.74) is 1.83. The molecule has 1 aromatic carbocycles. The average Bonchev–Trinajstić information content (AvgIpc) is 2.36. The van der Waals surface area contributed by atoms with Gasteiger partial charge < -0.3 is 4.74 Å². The van der Waals surface area contributed by atoms with Crippen LogP contribution >= 0.6 is 15.9 Å². The van der Waals surface area contributed by atoms with E-state index in [9.17, 15) is 13.2 Å². The zero-order chi connectivity index (χ0) is 13.6. The fraction of sp³-hybridized carbons (Fsp3) is 0.300. The summed E-state index contributed by atoms with van der Waals surface area (Å²) in [4.78, 5) is 10.8. The van der Waals surface area contributed by atoms with E-state index in [1.807, 2.05) is 18.2 Å². The number of carbonyl (C=O) groups excluding carboxylic acids is 1. The molecule has 6 nitrogen and oxygen atoms in total. The Morgan fingerprint density at radius 3 is 2.67 bits per heavy atom. The summed E-state index contributed by atoms with van der Waals surface area (Å²) in [6, 6.07) is 7.38. The Balaban J connectivity index is 2.61. The number of rotatable bonds is 5. The third kappa shape index (κ3) is 5.03. The SMILES string of the molecule is COC(=O)NS(=O)(=O)NCc1cccc(CBr)c1. The largest absolute Gasteiger partial charge is 0.452 e. The van der Waals surface area contributed by atoms with Crippen LogP contribution in [0.5, 0.6) is 0 Å². The molecular formula is C10H13BrN2O4S. The third-order valence-corrected chi connectivity index (χ3v) is 3.62. The number of ether oxygens (including phenoxy) is 1. The highest BCUT2D eigenvalue weighted by Crippen LogP contribution is 2.08. The van der Waals surface area contributed by atoms with Gasteiger partial charge in [0.15, 0.2) is 0 Å². The normalized spacial score (nSPS) is 11.0. The maximum absolute atomic E-state index is 11.4. The van der Waals surface area contributed by atoms with E-state index >= 15 is 0 Å². The van der Waals surface area contributed by atoms with Gasteiger partial charge in [-0.1, -0.05) is 40.2 Å². The zero-order valence-corrected chi connectivity index (χ0v) is 12.0. The number of methoxy groups -OCH3 is 1. The fourth-order valence-corrected chi connectivity index (χ4v) is 2.27. The number of amides is 1. The Labute approximate surface area is 114 Å². The van der Waals surface area contributed by atoms with E-state index in [1.165, 1.54) is 0 Å². The van der Waals surface area contributed by atoms with Crippen LogP contribution < -0.4 is 9.44 Å². The maximum atomic E-state index is 11.4. The first-order valence-electron chi connectivity index (χ1n) is 4.96. The minimum Gasteiger partial charge on any atom is -0.452 e. The van der Waals surface area contributed by atoms with Gasteiger partial charge in [0.1, 0.15) is 0 Å². The van der Waals surface area contributed by atoms with Crippen LogP contribution in [0.15, 0.2) is 24.3 Å². The van der Waals surface area contributed by atoms with Crippen LogP contribution in [0.1, 0.15) is 11.1 Å². The Morgan fingerprint density at radius 2 is 2.06 bits per heavy atom. The molecule has 0 aromatic heterocycles. The van der Waals surface area contributed by atoms with Crippen molar-refractivity contribution >= 4 is 32.2 Å². The lowest BCUT2D eigenvalue weighted by Crippen LogP contribution is -2.39. The molecule has 0 bridgehead atoms. The molecule has 0 spiro atoms. The van der Waals surface area contributed by atoms with Crippen molar-refractivity contribution in [3.05, 3.63) is 35.4 Å². The van der Waals surface area contributed by atoms with Gasteiger partial charge in [0.25, 0.3) is 0 Å². The molecule has 0 aliphatic heterocycles. The van der Waals surface area contributed by atoms with E-state index in [1.54, 1.807) is 10.8 Å². The van der Waals surface area contributed by atoms with Crippen LogP contribution in [0.25, 0.3) is 0 Å². The monoisotopic (exact) mass is 336 g/mol. The molecule has 18 heavy (non-hydrogen) atoms. The van der Waals surface area contributed by atoms with Crippen LogP contribution in [0.3, 0.4) is 0 Å². The Bertz CT molecular complexity index is 518. The maximum Gasteiger partial charge on any atom is 0.421 e. The Hall–Kier alpha value is -1.12. The van der Waals surface area contributed by atoms with Gasteiger partial charge in [-0.15, -0.1) is 0 Å². The quantitative estimate of drug-likeness (QED) is 0.793. The molecule has 8 heteroatoms. The summed E-state index contributed by atoms with van der Waals surface area (Å²) < 4.78 is 30.9. The number of hydrogen-bond acceptors (Lipinski definition) is 4. The van der Waals surface area contributed by atoms with Crippen molar-refractivity contribution in [2.45, 2.75) is 11.9 Å². The molecule has 1 rings (SSSR count). The van der Waals surface area contributed by atoms with Crippen molar-refractivity contribution in [1.29, 1.82) is 0 Å². The van der Waals surface area contributed by atoms with Crippen molar-refractivity contribution in [1.82, 2.24) is 9.44 Å². The molecule has 2 N–H and O–H groups in total. The smallest absolute Gasteiger partial charge is 0.421 e. The number of benzene rings is 1. The van der Waals surface area contributed by atoms with E-state index < -0.39 is 16.3 Å². The second kappa shape index (κ2) is 6.72. The highest BCUT2D eigenvalue weighted by Gasteiger charge is 2.13. The first-order chi connectivity index (χ1) is 8.46. The lowest BCUT2D eigenvalue weighted by Gasteiger charge is -2.08. The highest BCUT2D eigenvalue weighted by atomic mass is 79.9. The lowest BCUT2D eigenvalue weighted by atomic mass is 10.1. The van der Waals surface area contributed by atoms with E-state index in [2.05, 4.69) is 25.4 Å². The molecule has 1 amide bonds.